The van der Waals surface area contributed by atoms with Gasteiger partial charge in [0.05, 0.1) is 11.5 Å². The molecule has 0 aromatic heterocycles. The van der Waals surface area contributed by atoms with Crippen LogP contribution in [0.15, 0.2) is 34.5 Å². The Balaban J connectivity index is 1.99. The first kappa shape index (κ1) is 13.1. The molecule has 0 spiro atoms. The molecule has 1 aliphatic heterocycles. The highest BCUT2D eigenvalue weighted by Crippen LogP contribution is 2.21. The van der Waals surface area contributed by atoms with E-state index in [4.69, 9.17) is 11.6 Å². The zero-order valence-corrected chi connectivity index (χ0v) is 11.3. The number of halogens is 1. The molecule has 0 bridgehead atoms. The molecule has 1 atom stereocenters. The average molecular weight is 282 g/mol. The van der Waals surface area contributed by atoms with E-state index in [-0.39, 0.29) is 11.2 Å². The highest BCUT2D eigenvalue weighted by molar-refractivity contribution is 8.15. The lowest BCUT2D eigenvalue weighted by Gasteiger charge is -1.95. The van der Waals surface area contributed by atoms with Gasteiger partial charge in [-0.2, -0.15) is 5.10 Å². The van der Waals surface area contributed by atoms with E-state index in [0.717, 1.165) is 12.0 Å². The van der Waals surface area contributed by atoms with Gasteiger partial charge >= 0.3 is 0 Å². The molecule has 18 heavy (non-hydrogen) atoms. The van der Waals surface area contributed by atoms with Crippen LogP contribution in [-0.4, -0.2) is 22.5 Å². The van der Waals surface area contributed by atoms with Gasteiger partial charge in [-0.05, 0) is 24.1 Å². The van der Waals surface area contributed by atoms with Crippen molar-refractivity contribution in [2.45, 2.75) is 18.6 Å². The van der Waals surface area contributed by atoms with Gasteiger partial charge in [0.1, 0.15) is 0 Å². The standard InChI is InChI=1S/C12H12ClN3OS/c1-2-10-11(17)15-12(18-10)16-14-7-8-3-5-9(13)6-4-8/h3-7,10H,2H2,1H3,(H,15,16,17)/b14-7-. The molecule has 1 aromatic rings. The fourth-order valence-corrected chi connectivity index (χ4v) is 2.40. The maximum atomic E-state index is 11.4. The number of nitrogens with one attached hydrogen (secondary N) is 1. The first-order chi connectivity index (χ1) is 8.69. The van der Waals surface area contributed by atoms with Crippen LogP contribution in [0.2, 0.25) is 5.02 Å². The van der Waals surface area contributed by atoms with Crippen molar-refractivity contribution in [3.63, 3.8) is 0 Å². The van der Waals surface area contributed by atoms with Crippen LogP contribution < -0.4 is 5.32 Å². The quantitative estimate of drug-likeness (QED) is 0.684. The molecular formula is C12H12ClN3OS. The summed E-state index contributed by atoms with van der Waals surface area (Å²) in [5.41, 5.74) is 0.908. The van der Waals surface area contributed by atoms with Gasteiger partial charge in [-0.25, -0.2) is 0 Å². The van der Waals surface area contributed by atoms with Gasteiger partial charge in [-0.3, -0.25) is 4.79 Å². The molecule has 1 unspecified atom stereocenters. The van der Waals surface area contributed by atoms with E-state index in [1.165, 1.54) is 11.8 Å². The number of thioether (sulfide) groups is 1. The number of amides is 1. The summed E-state index contributed by atoms with van der Waals surface area (Å²) in [7, 11) is 0. The predicted molar refractivity (Wildman–Crippen MR) is 76.3 cm³/mol. The maximum Gasteiger partial charge on any atom is 0.239 e. The van der Waals surface area contributed by atoms with Crippen LogP contribution in [0.25, 0.3) is 0 Å². The van der Waals surface area contributed by atoms with E-state index < -0.39 is 0 Å². The van der Waals surface area contributed by atoms with Crippen LogP contribution in [-0.2, 0) is 4.79 Å². The van der Waals surface area contributed by atoms with Crippen molar-refractivity contribution < 1.29 is 4.79 Å². The van der Waals surface area contributed by atoms with Gasteiger partial charge < -0.3 is 5.32 Å². The smallest absolute Gasteiger partial charge is 0.239 e. The normalized spacial score (nSPS) is 21.8. The van der Waals surface area contributed by atoms with Crippen molar-refractivity contribution in [1.82, 2.24) is 5.32 Å². The van der Waals surface area contributed by atoms with Crippen LogP contribution in [0, 0.1) is 0 Å². The third kappa shape index (κ3) is 3.34. The summed E-state index contributed by atoms with van der Waals surface area (Å²) in [6.45, 7) is 1.97. The first-order valence-corrected chi connectivity index (χ1v) is 6.79. The molecule has 1 aliphatic rings. The molecule has 6 heteroatoms. The third-order valence-corrected chi connectivity index (χ3v) is 3.86. The second kappa shape index (κ2) is 6.02. The molecule has 94 valence electrons. The molecule has 1 fully saturated rings. The molecule has 1 heterocycles. The lowest BCUT2D eigenvalue weighted by atomic mass is 10.2. The molecule has 2 rings (SSSR count). The fourth-order valence-electron chi connectivity index (χ4n) is 1.42. The van der Waals surface area contributed by atoms with Gasteiger partial charge in [-0.1, -0.05) is 42.4 Å². The van der Waals surface area contributed by atoms with Gasteiger partial charge in [0.25, 0.3) is 0 Å². The molecule has 1 N–H and O–H groups in total. The number of rotatable bonds is 3. The maximum absolute atomic E-state index is 11.4. The van der Waals surface area contributed by atoms with Crippen molar-refractivity contribution in [2.75, 3.05) is 0 Å². The largest absolute Gasteiger partial charge is 0.303 e. The topological polar surface area (TPSA) is 53.8 Å². The number of carbonyl (C=O) groups excluding carboxylic acids is 1. The van der Waals surface area contributed by atoms with Crippen LogP contribution in [0.3, 0.4) is 0 Å². The van der Waals surface area contributed by atoms with E-state index in [1.807, 2.05) is 19.1 Å². The number of hydrogen-bond acceptors (Lipinski definition) is 4. The Kier molecular flexibility index (Phi) is 4.38. The molecule has 0 radical (unpaired) electrons. The zero-order valence-electron chi connectivity index (χ0n) is 9.76. The summed E-state index contributed by atoms with van der Waals surface area (Å²) >= 11 is 7.19. The minimum atomic E-state index is -0.0468. The molecule has 4 nitrogen and oxygen atoms in total. The lowest BCUT2D eigenvalue weighted by molar-refractivity contribution is -0.118. The van der Waals surface area contributed by atoms with Crippen LogP contribution >= 0.6 is 23.4 Å². The lowest BCUT2D eigenvalue weighted by Crippen LogP contribution is -2.24. The van der Waals surface area contributed by atoms with E-state index >= 15 is 0 Å². The monoisotopic (exact) mass is 281 g/mol. The van der Waals surface area contributed by atoms with E-state index in [9.17, 15) is 4.79 Å². The minimum Gasteiger partial charge on any atom is -0.303 e. The summed E-state index contributed by atoms with van der Waals surface area (Å²) in [6.07, 6.45) is 2.41. The second-order valence-electron chi connectivity index (χ2n) is 3.71. The second-order valence-corrected chi connectivity index (χ2v) is 5.33. The van der Waals surface area contributed by atoms with E-state index in [2.05, 4.69) is 15.5 Å². The average Bonchev–Trinajstić information content (AvgIpc) is 2.72. The molecule has 1 amide bonds. The Morgan fingerprint density at radius 3 is 2.78 bits per heavy atom. The molecule has 1 aromatic carbocycles. The van der Waals surface area contributed by atoms with Crippen molar-refractivity contribution in [3.05, 3.63) is 34.9 Å². The van der Waals surface area contributed by atoms with Crippen molar-refractivity contribution >= 4 is 40.7 Å². The van der Waals surface area contributed by atoms with Gasteiger partial charge in [0.2, 0.25) is 5.91 Å². The van der Waals surface area contributed by atoms with Crippen molar-refractivity contribution in [2.24, 2.45) is 10.2 Å². The summed E-state index contributed by atoms with van der Waals surface area (Å²) < 4.78 is 0. The van der Waals surface area contributed by atoms with Gasteiger partial charge in [0, 0.05) is 5.02 Å². The first-order valence-electron chi connectivity index (χ1n) is 5.53. The minimum absolute atomic E-state index is 0.00272. The third-order valence-electron chi connectivity index (χ3n) is 2.37. The summed E-state index contributed by atoms with van der Waals surface area (Å²) in [5.74, 6) is 0.00272. The van der Waals surface area contributed by atoms with Gasteiger partial charge in [-0.15, -0.1) is 5.10 Å². The number of hydrogen-bond donors (Lipinski definition) is 1. The van der Waals surface area contributed by atoms with Crippen molar-refractivity contribution in [3.8, 4) is 0 Å². The van der Waals surface area contributed by atoms with Gasteiger partial charge in [0.15, 0.2) is 5.17 Å². The molecular weight excluding hydrogens is 270 g/mol. The number of nitrogens with zero attached hydrogens (tertiary/aromatic N) is 2. The Morgan fingerprint density at radius 2 is 2.17 bits per heavy atom. The van der Waals surface area contributed by atoms with Crippen molar-refractivity contribution in [1.29, 1.82) is 0 Å². The Morgan fingerprint density at radius 1 is 1.44 bits per heavy atom. The number of benzene rings is 1. The summed E-state index contributed by atoms with van der Waals surface area (Å²) in [4.78, 5) is 11.4. The van der Waals surface area contributed by atoms with E-state index in [1.54, 1.807) is 18.3 Å². The van der Waals surface area contributed by atoms with Crippen LogP contribution in [0.1, 0.15) is 18.9 Å². The molecule has 1 saturated heterocycles. The Labute approximate surface area is 115 Å². The highest BCUT2D eigenvalue weighted by atomic mass is 35.5. The summed E-state index contributed by atoms with van der Waals surface area (Å²) in [5, 5.41) is 11.8. The predicted octanol–water partition coefficient (Wildman–Crippen LogP) is 2.67. The number of amidine groups is 1. The Bertz CT molecular complexity index is 499. The molecule has 0 saturated carbocycles. The van der Waals surface area contributed by atoms with E-state index in [0.29, 0.717) is 10.2 Å². The summed E-state index contributed by atoms with van der Waals surface area (Å²) in [6, 6.07) is 7.27. The highest BCUT2D eigenvalue weighted by Gasteiger charge is 2.28. The zero-order chi connectivity index (χ0) is 13.0. The van der Waals surface area contributed by atoms with Crippen LogP contribution in [0.5, 0.6) is 0 Å². The fraction of sp³-hybridized carbons (Fsp3) is 0.250. The molecule has 0 aliphatic carbocycles. The Hall–Kier alpha value is -1.33. The number of carbonyl (C=O) groups is 1. The van der Waals surface area contributed by atoms with Crippen LogP contribution in [0.4, 0.5) is 0 Å². The SMILES string of the molecule is CCC1S/C(=N/N=C\c2ccc(Cl)cc2)NC1=O.